The van der Waals surface area contributed by atoms with E-state index < -0.39 is 0 Å². The molecule has 0 N–H and O–H groups in total. The van der Waals surface area contributed by atoms with Crippen LogP contribution in [0.3, 0.4) is 0 Å². The van der Waals surface area contributed by atoms with Gasteiger partial charge in [0.2, 0.25) is 0 Å². The second-order valence-corrected chi connectivity index (χ2v) is 8.13. The van der Waals surface area contributed by atoms with E-state index in [1.54, 1.807) is 0 Å². The van der Waals surface area contributed by atoms with Crippen LogP contribution in [0, 0.1) is 16.7 Å². The van der Waals surface area contributed by atoms with Gasteiger partial charge in [0.1, 0.15) is 0 Å². The van der Waals surface area contributed by atoms with Crippen molar-refractivity contribution in [3.63, 3.8) is 0 Å². The van der Waals surface area contributed by atoms with Gasteiger partial charge in [-0.25, -0.2) is 0 Å². The molecule has 0 aromatic rings. The molecule has 1 unspecified atom stereocenters. The van der Waals surface area contributed by atoms with Crippen LogP contribution < -0.4 is 0 Å². The molecular formula is C18H29NO. The second-order valence-electron chi connectivity index (χ2n) is 8.13. The molecule has 0 aromatic carbocycles. The minimum Gasteiger partial charge on any atom is -0.379 e. The molecule has 112 valence electrons. The van der Waals surface area contributed by atoms with Gasteiger partial charge in [-0.15, -0.1) is 0 Å². The maximum atomic E-state index is 5.48. The van der Waals surface area contributed by atoms with Crippen molar-refractivity contribution in [1.82, 2.24) is 4.90 Å². The first-order chi connectivity index (χ1) is 9.64. The van der Waals surface area contributed by atoms with E-state index in [-0.39, 0.29) is 0 Å². The van der Waals surface area contributed by atoms with Crippen molar-refractivity contribution in [2.45, 2.75) is 58.4 Å². The number of rotatable bonds is 3. The molecule has 3 saturated carbocycles. The fourth-order valence-electron chi connectivity index (χ4n) is 5.40. The van der Waals surface area contributed by atoms with Crippen LogP contribution >= 0.6 is 0 Å². The van der Waals surface area contributed by atoms with Crippen LogP contribution in [-0.2, 0) is 4.74 Å². The average Bonchev–Trinajstić information content (AvgIpc) is 2.37. The smallest absolute Gasteiger partial charge is 0.0594 e. The number of nitrogens with zero attached hydrogens (tertiary/aromatic N) is 1. The molecular weight excluding hydrogens is 246 g/mol. The van der Waals surface area contributed by atoms with E-state index in [9.17, 15) is 0 Å². The van der Waals surface area contributed by atoms with Crippen molar-refractivity contribution < 1.29 is 4.74 Å². The molecule has 1 atom stereocenters. The van der Waals surface area contributed by atoms with Crippen LogP contribution in [-0.4, -0.2) is 37.2 Å². The van der Waals surface area contributed by atoms with Crippen molar-refractivity contribution in [3.8, 4) is 0 Å². The first-order valence-corrected chi connectivity index (χ1v) is 8.65. The highest BCUT2D eigenvalue weighted by Crippen LogP contribution is 2.79. The monoisotopic (exact) mass is 275 g/mol. The largest absolute Gasteiger partial charge is 0.379 e. The lowest BCUT2D eigenvalue weighted by Gasteiger charge is -2.74. The summed E-state index contributed by atoms with van der Waals surface area (Å²) in [5.74, 6) is 0.898. The molecule has 4 aliphatic carbocycles. The molecule has 4 fully saturated rings. The molecule has 5 rings (SSSR count). The zero-order valence-electron chi connectivity index (χ0n) is 13.2. The third kappa shape index (κ3) is 1.84. The first kappa shape index (κ1) is 13.3. The Balaban J connectivity index is 1.36. The van der Waals surface area contributed by atoms with Crippen LogP contribution in [0.4, 0.5) is 0 Å². The predicted molar refractivity (Wildman–Crippen MR) is 81.7 cm³/mol. The summed E-state index contributed by atoms with van der Waals surface area (Å²) in [6.45, 7) is 9.02. The Morgan fingerprint density at radius 3 is 2.45 bits per heavy atom. The van der Waals surface area contributed by atoms with Gasteiger partial charge in [-0.1, -0.05) is 25.5 Å². The van der Waals surface area contributed by atoms with E-state index >= 15 is 0 Å². The number of allylic oxidation sites excluding steroid dienone is 1. The van der Waals surface area contributed by atoms with Crippen LogP contribution in [0.2, 0.25) is 0 Å². The Morgan fingerprint density at radius 2 is 1.90 bits per heavy atom. The zero-order valence-corrected chi connectivity index (χ0v) is 13.2. The molecule has 1 heterocycles. The summed E-state index contributed by atoms with van der Waals surface area (Å²) in [4.78, 5) is 2.66. The molecule has 20 heavy (non-hydrogen) atoms. The SMILES string of the molecule is CC(C)C12CC(C3=CCC(N4CCOCC4)CC3)(C1)C2. The summed E-state index contributed by atoms with van der Waals surface area (Å²) in [6, 6.07) is 0.800. The van der Waals surface area contributed by atoms with Gasteiger partial charge in [0, 0.05) is 19.1 Å². The van der Waals surface area contributed by atoms with Crippen LogP contribution in [0.5, 0.6) is 0 Å². The van der Waals surface area contributed by atoms with Crippen LogP contribution in [0.15, 0.2) is 11.6 Å². The lowest BCUT2D eigenvalue weighted by molar-refractivity contribution is -0.207. The topological polar surface area (TPSA) is 12.5 Å². The Labute approximate surface area is 123 Å². The number of ether oxygens (including phenoxy) is 1. The number of hydrogen-bond donors (Lipinski definition) is 0. The third-order valence-corrected chi connectivity index (χ3v) is 6.92. The molecule has 1 aliphatic heterocycles. The standard InChI is InChI=1S/C18H29NO/c1-14(2)17-11-18(12-17,13-17)15-3-5-16(6-4-15)19-7-9-20-10-8-19/h3,14,16H,4-13H2,1-2H3. The van der Waals surface area contributed by atoms with Crippen molar-refractivity contribution in [2.75, 3.05) is 26.3 Å². The molecule has 1 saturated heterocycles. The van der Waals surface area contributed by atoms with E-state index in [2.05, 4.69) is 24.8 Å². The van der Waals surface area contributed by atoms with Crippen molar-refractivity contribution in [2.24, 2.45) is 16.7 Å². The van der Waals surface area contributed by atoms with Gasteiger partial charge in [-0.05, 0) is 55.3 Å². The summed E-state index contributed by atoms with van der Waals surface area (Å²) < 4.78 is 5.48. The molecule has 0 spiro atoms. The lowest BCUT2D eigenvalue weighted by atomic mass is 9.30. The lowest BCUT2D eigenvalue weighted by Crippen LogP contribution is -2.64. The van der Waals surface area contributed by atoms with Crippen molar-refractivity contribution in [1.29, 1.82) is 0 Å². The highest BCUT2D eigenvalue weighted by atomic mass is 16.5. The number of morpholine rings is 1. The van der Waals surface area contributed by atoms with Gasteiger partial charge in [-0.2, -0.15) is 0 Å². The normalized spacial score (nSPS) is 44.8. The van der Waals surface area contributed by atoms with Crippen molar-refractivity contribution >= 4 is 0 Å². The molecule has 2 nitrogen and oxygen atoms in total. The third-order valence-electron chi connectivity index (χ3n) is 6.92. The van der Waals surface area contributed by atoms with E-state index in [0.29, 0.717) is 5.41 Å². The molecule has 5 aliphatic rings. The zero-order chi connectivity index (χ0) is 13.8. The van der Waals surface area contributed by atoms with E-state index in [4.69, 9.17) is 4.74 Å². The minimum atomic E-state index is 0.681. The van der Waals surface area contributed by atoms with Gasteiger partial charge in [0.25, 0.3) is 0 Å². The van der Waals surface area contributed by atoms with Crippen LogP contribution in [0.25, 0.3) is 0 Å². The summed E-state index contributed by atoms with van der Waals surface area (Å²) in [5.41, 5.74) is 3.27. The maximum absolute atomic E-state index is 5.48. The Hall–Kier alpha value is -0.340. The van der Waals surface area contributed by atoms with Crippen molar-refractivity contribution in [3.05, 3.63) is 11.6 Å². The molecule has 2 bridgehead atoms. The fraction of sp³-hybridized carbons (Fsp3) is 0.889. The molecule has 0 radical (unpaired) electrons. The highest BCUT2D eigenvalue weighted by molar-refractivity contribution is 5.33. The fourth-order valence-corrected chi connectivity index (χ4v) is 5.40. The minimum absolute atomic E-state index is 0.681. The summed E-state index contributed by atoms with van der Waals surface area (Å²) in [7, 11) is 0. The Kier molecular flexibility index (Phi) is 3.05. The van der Waals surface area contributed by atoms with E-state index in [1.165, 1.54) is 38.5 Å². The predicted octanol–water partition coefficient (Wildman–Crippen LogP) is 3.62. The first-order valence-electron chi connectivity index (χ1n) is 8.65. The molecule has 0 aromatic heterocycles. The number of hydrogen-bond acceptors (Lipinski definition) is 2. The summed E-state index contributed by atoms with van der Waals surface area (Å²) in [5, 5.41) is 0. The van der Waals surface area contributed by atoms with E-state index in [0.717, 1.165) is 43.7 Å². The maximum Gasteiger partial charge on any atom is 0.0594 e. The van der Waals surface area contributed by atoms with Crippen LogP contribution in [0.1, 0.15) is 52.4 Å². The quantitative estimate of drug-likeness (QED) is 0.729. The molecule has 2 heteroatoms. The Morgan fingerprint density at radius 1 is 1.20 bits per heavy atom. The average molecular weight is 275 g/mol. The van der Waals surface area contributed by atoms with Gasteiger partial charge in [0.05, 0.1) is 13.2 Å². The highest BCUT2D eigenvalue weighted by Gasteiger charge is 2.69. The van der Waals surface area contributed by atoms with Gasteiger partial charge < -0.3 is 4.74 Å². The Bertz CT molecular complexity index is 399. The summed E-state index contributed by atoms with van der Waals surface area (Å²) >= 11 is 0. The summed E-state index contributed by atoms with van der Waals surface area (Å²) in [6.07, 6.45) is 11.2. The second kappa shape index (κ2) is 4.58. The van der Waals surface area contributed by atoms with E-state index in [1.807, 2.05) is 5.57 Å². The van der Waals surface area contributed by atoms with Gasteiger partial charge in [-0.3, -0.25) is 4.90 Å². The molecule has 0 amide bonds. The van der Waals surface area contributed by atoms with Gasteiger partial charge >= 0.3 is 0 Å². The van der Waals surface area contributed by atoms with Gasteiger partial charge in [0.15, 0.2) is 0 Å².